The molecule has 1 aromatic heterocycles. The lowest BCUT2D eigenvalue weighted by Gasteiger charge is -2.38. The van der Waals surface area contributed by atoms with E-state index in [2.05, 4.69) is 5.10 Å². The molecule has 0 amide bonds. The smallest absolute Gasteiger partial charge is 0.354 e. The predicted octanol–water partition coefficient (Wildman–Crippen LogP) is 4.58. The van der Waals surface area contributed by atoms with E-state index in [1.165, 1.54) is 18.9 Å². The fourth-order valence-electron chi connectivity index (χ4n) is 6.83. The number of nitrogens with zero attached hydrogens (tertiary/aromatic N) is 3. The second kappa shape index (κ2) is 11.6. The zero-order valence-corrected chi connectivity index (χ0v) is 27.1. The first-order valence-electron chi connectivity index (χ1n) is 14.7. The second-order valence-corrected chi connectivity index (χ2v) is 12.7. The molecule has 1 saturated heterocycles. The predicted molar refractivity (Wildman–Crippen MR) is 168 cm³/mol. The highest BCUT2D eigenvalue weighted by Gasteiger charge is 2.54. The number of carbonyl (C=O) groups is 2. The van der Waals surface area contributed by atoms with Crippen molar-refractivity contribution in [2.24, 2.45) is 23.9 Å². The number of aromatic nitrogens is 2. The zero-order chi connectivity index (χ0) is 32.3. The van der Waals surface area contributed by atoms with E-state index in [9.17, 15) is 9.59 Å². The SMILES string of the molecule is COc1cc([C@@H]2c3cc4c(cc3[C@H](OC(=O)C3=NC(c5c(C)cnn5C)=C(C)SC3)[C@H]3COC(=O)[C@@H]23)OCO4)cc(OC)c1OC. The minimum absolute atomic E-state index is 0.0579. The number of rotatable bonds is 7. The Bertz CT molecular complexity index is 1790. The van der Waals surface area contributed by atoms with E-state index < -0.39 is 29.8 Å². The van der Waals surface area contributed by atoms with Crippen LogP contribution in [0.3, 0.4) is 0 Å². The first-order chi connectivity index (χ1) is 22.2. The van der Waals surface area contributed by atoms with Gasteiger partial charge < -0.3 is 33.2 Å². The maximum Gasteiger partial charge on any atom is 0.354 e. The Balaban J connectivity index is 1.32. The normalized spacial score (nSPS) is 22.9. The van der Waals surface area contributed by atoms with Crippen LogP contribution in [0, 0.1) is 18.8 Å². The summed E-state index contributed by atoms with van der Waals surface area (Å²) in [5, 5.41) is 4.35. The number of allylic oxidation sites excluding steroid dienone is 1. The van der Waals surface area contributed by atoms with Gasteiger partial charge in [-0.05, 0) is 54.8 Å². The van der Waals surface area contributed by atoms with Crippen LogP contribution in [-0.2, 0) is 26.1 Å². The summed E-state index contributed by atoms with van der Waals surface area (Å²) >= 11 is 1.53. The average Bonchev–Trinajstić information content (AvgIpc) is 3.77. The van der Waals surface area contributed by atoms with Crippen molar-refractivity contribution in [1.82, 2.24) is 9.78 Å². The number of fused-ring (bicyclic) bond motifs is 3. The number of hydrogen-bond donors (Lipinski definition) is 0. The van der Waals surface area contributed by atoms with Crippen molar-refractivity contribution in [3.63, 3.8) is 0 Å². The number of aliphatic imine (C=N–C) groups is 1. The van der Waals surface area contributed by atoms with Gasteiger partial charge in [0.1, 0.15) is 11.8 Å². The molecule has 4 aliphatic rings. The highest BCUT2D eigenvalue weighted by Crippen LogP contribution is 2.56. The van der Waals surface area contributed by atoms with Crippen molar-refractivity contribution in [2.45, 2.75) is 25.9 Å². The van der Waals surface area contributed by atoms with Crippen LogP contribution in [0.2, 0.25) is 0 Å². The number of hydrogen-bond acceptors (Lipinski definition) is 12. The fraction of sp³-hybridized carbons (Fsp3) is 0.394. The molecule has 0 saturated carbocycles. The maximum atomic E-state index is 13.9. The third-order valence-electron chi connectivity index (χ3n) is 8.99. The number of esters is 2. The van der Waals surface area contributed by atoms with Gasteiger partial charge in [-0.2, -0.15) is 5.10 Å². The topological polar surface area (TPSA) is 129 Å². The molecule has 240 valence electrons. The fourth-order valence-corrected chi connectivity index (χ4v) is 7.64. The standard InChI is InChI=1S/C33H33N3O9S/c1-15-11-34-36(3)29(15)28-16(2)46-13-21(35-28)32(37)45-30-19-10-23-22(43-14-44-23)9-18(19)26(27-20(30)12-42-33(27)38)17-7-24(39-4)31(41-6)25(8-17)40-5/h7-11,20,26-27,30H,12-14H2,1-6H3/t20-,26+,27+,30-/m0/s1. The third kappa shape index (κ3) is 4.75. The van der Waals surface area contributed by atoms with E-state index in [0.29, 0.717) is 45.8 Å². The number of benzene rings is 2. The molecule has 0 N–H and O–H groups in total. The Kier molecular flexibility index (Phi) is 7.58. The number of cyclic esters (lactones) is 1. The molecule has 4 atom stereocenters. The molecule has 2 aromatic carbocycles. The van der Waals surface area contributed by atoms with Gasteiger partial charge in [-0.25, -0.2) is 9.79 Å². The van der Waals surface area contributed by atoms with Gasteiger partial charge >= 0.3 is 11.9 Å². The summed E-state index contributed by atoms with van der Waals surface area (Å²) < 4.78 is 42.1. The Morgan fingerprint density at radius 3 is 2.30 bits per heavy atom. The van der Waals surface area contributed by atoms with Crippen LogP contribution >= 0.6 is 11.8 Å². The van der Waals surface area contributed by atoms with Crippen LogP contribution in [0.4, 0.5) is 0 Å². The van der Waals surface area contributed by atoms with E-state index in [1.54, 1.807) is 25.1 Å². The lowest BCUT2D eigenvalue weighted by atomic mass is 9.66. The molecule has 0 bridgehead atoms. The number of ether oxygens (including phenoxy) is 7. The van der Waals surface area contributed by atoms with Gasteiger partial charge in [0, 0.05) is 35.1 Å². The summed E-state index contributed by atoms with van der Waals surface area (Å²) in [5.74, 6) is 0.153. The van der Waals surface area contributed by atoms with E-state index >= 15 is 0 Å². The van der Waals surface area contributed by atoms with Gasteiger partial charge in [-0.1, -0.05) is 0 Å². The highest BCUT2D eigenvalue weighted by atomic mass is 32.2. The molecule has 13 heteroatoms. The monoisotopic (exact) mass is 647 g/mol. The van der Waals surface area contributed by atoms with Crippen LogP contribution in [0.15, 0.2) is 40.4 Å². The van der Waals surface area contributed by atoms with Crippen molar-refractivity contribution in [3.8, 4) is 28.7 Å². The largest absolute Gasteiger partial charge is 0.493 e. The maximum absolute atomic E-state index is 13.9. The Morgan fingerprint density at radius 2 is 1.67 bits per heavy atom. The van der Waals surface area contributed by atoms with Crippen molar-refractivity contribution < 1.29 is 42.7 Å². The van der Waals surface area contributed by atoms with Crippen molar-refractivity contribution in [1.29, 1.82) is 0 Å². The number of methoxy groups -OCH3 is 3. The molecule has 0 spiro atoms. The van der Waals surface area contributed by atoms with Gasteiger partial charge in [0.15, 0.2) is 23.0 Å². The summed E-state index contributed by atoms with van der Waals surface area (Å²) in [5.41, 5.74) is 4.96. The van der Waals surface area contributed by atoms with Crippen molar-refractivity contribution in [3.05, 3.63) is 63.3 Å². The molecule has 3 aliphatic heterocycles. The van der Waals surface area contributed by atoms with E-state index in [-0.39, 0.29) is 25.1 Å². The lowest BCUT2D eigenvalue weighted by molar-refractivity contribution is -0.147. The van der Waals surface area contributed by atoms with Crippen molar-refractivity contribution in [2.75, 3.05) is 40.5 Å². The summed E-state index contributed by atoms with van der Waals surface area (Å²) in [6, 6.07) is 7.36. The van der Waals surface area contributed by atoms with E-state index in [4.69, 9.17) is 38.2 Å². The molecule has 0 unspecified atom stereocenters. The lowest BCUT2D eigenvalue weighted by Crippen LogP contribution is -2.38. The van der Waals surface area contributed by atoms with Crippen LogP contribution in [0.1, 0.15) is 46.9 Å². The first kappa shape index (κ1) is 30.0. The molecule has 1 fully saturated rings. The third-order valence-corrected chi connectivity index (χ3v) is 10.0. The quantitative estimate of drug-likeness (QED) is 0.334. The van der Waals surface area contributed by atoms with Crippen LogP contribution in [-0.4, -0.2) is 67.9 Å². The molecule has 4 heterocycles. The number of carbonyl (C=O) groups excluding carboxylic acids is 2. The van der Waals surface area contributed by atoms with Gasteiger partial charge in [0.05, 0.1) is 51.4 Å². The van der Waals surface area contributed by atoms with Crippen LogP contribution in [0.25, 0.3) is 5.70 Å². The Labute approximate surface area is 269 Å². The Morgan fingerprint density at radius 1 is 0.978 bits per heavy atom. The first-order valence-corrected chi connectivity index (χ1v) is 15.7. The zero-order valence-electron chi connectivity index (χ0n) is 26.2. The summed E-state index contributed by atoms with van der Waals surface area (Å²) in [4.78, 5) is 33.2. The minimum Gasteiger partial charge on any atom is -0.493 e. The van der Waals surface area contributed by atoms with E-state index in [0.717, 1.165) is 27.3 Å². The molecule has 7 rings (SSSR count). The Hall–Kier alpha value is -4.65. The molecular formula is C33H33N3O9S. The van der Waals surface area contributed by atoms with Gasteiger partial charge in [-0.3, -0.25) is 9.48 Å². The summed E-state index contributed by atoms with van der Waals surface area (Å²) in [6.07, 6.45) is 0.959. The van der Waals surface area contributed by atoms with Crippen LogP contribution < -0.4 is 23.7 Å². The van der Waals surface area contributed by atoms with Gasteiger partial charge in [0.2, 0.25) is 12.5 Å². The molecule has 3 aromatic rings. The second-order valence-electron chi connectivity index (χ2n) is 11.5. The average molecular weight is 648 g/mol. The summed E-state index contributed by atoms with van der Waals surface area (Å²) in [7, 11) is 6.47. The highest BCUT2D eigenvalue weighted by molar-refractivity contribution is 8.04. The summed E-state index contributed by atoms with van der Waals surface area (Å²) in [6.45, 7) is 4.08. The molecular weight excluding hydrogens is 614 g/mol. The van der Waals surface area contributed by atoms with E-state index in [1.807, 2.05) is 45.2 Å². The molecule has 1 aliphatic carbocycles. The molecule has 12 nitrogen and oxygen atoms in total. The number of thioether (sulfide) groups is 1. The van der Waals surface area contributed by atoms with Gasteiger partial charge in [0.25, 0.3) is 0 Å². The van der Waals surface area contributed by atoms with Crippen molar-refractivity contribution >= 4 is 35.1 Å². The minimum atomic E-state index is -0.812. The number of aryl methyl sites for hydroxylation is 2. The van der Waals surface area contributed by atoms with Crippen LogP contribution in [0.5, 0.6) is 28.7 Å². The van der Waals surface area contributed by atoms with Gasteiger partial charge in [-0.15, -0.1) is 11.8 Å². The molecule has 0 radical (unpaired) electrons. The molecule has 46 heavy (non-hydrogen) atoms.